The quantitative estimate of drug-likeness (QED) is 0.469. The van der Waals surface area contributed by atoms with E-state index in [4.69, 9.17) is 0 Å². The Morgan fingerprint density at radius 2 is 2.31 bits per heavy atom. The van der Waals surface area contributed by atoms with Crippen molar-refractivity contribution in [3.63, 3.8) is 0 Å². The van der Waals surface area contributed by atoms with Crippen molar-refractivity contribution in [3.8, 4) is 0 Å². The molecule has 2 atom stereocenters. The van der Waals surface area contributed by atoms with Crippen LogP contribution < -0.4 is 0 Å². The van der Waals surface area contributed by atoms with Gasteiger partial charge in [-0.3, -0.25) is 4.79 Å². The minimum atomic E-state index is 0.151. The molecule has 1 unspecified atom stereocenters. The molecule has 0 spiro atoms. The molecular weight excluding hydrogens is 160 g/mol. The zero-order valence-electron chi connectivity index (χ0n) is 8.71. The SMILES string of the molecule is CC(=O)/C=C/[C@@H]1CC=C(C)CC1C. The summed E-state index contributed by atoms with van der Waals surface area (Å²) < 4.78 is 0. The van der Waals surface area contributed by atoms with Crippen LogP contribution in [0.15, 0.2) is 23.8 Å². The maximum atomic E-state index is 10.8. The normalized spacial score (nSPS) is 29.0. The lowest BCUT2D eigenvalue weighted by molar-refractivity contribution is -0.112. The van der Waals surface area contributed by atoms with Gasteiger partial charge in [-0.25, -0.2) is 0 Å². The number of hydrogen-bond acceptors (Lipinski definition) is 1. The summed E-state index contributed by atoms with van der Waals surface area (Å²) in [5.41, 5.74) is 1.49. The van der Waals surface area contributed by atoms with E-state index in [0.29, 0.717) is 11.8 Å². The minimum absolute atomic E-state index is 0.151. The first-order chi connectivity index (χ1) is 6.09. The van der Waals surface area contributed by atoms with Crippen LogP contribution in [0.25, 0.3) is 0 Å². The van der Waals surface area contributed by atoms with Crippen molar-refractivity contribution in [1.29, 1.82) is 0 Å². The summed E-state index contributed by atoms with van der Waals surface area (Å²) in [5.74, 6) is 1.40. The van der Waals surface area contributed by atoms with Gasteiger partial charge in [-0.05, 0) is 44.6 Å². The molecule has 0 aromatic carbocycles. The highest BCUT2D eigenvalue weighted by Gasteiger charge is 2.17. The van der Waals surface area contributed by atoms with E-state index >= 15 is 0 Å². The molecule has 1 nitrogen and oxygen atoms in total. The summed E-state index contributed by atoms with van der Waals surface area (Å²) >= 11 is 0. The van der Waals surface area contributed by atoms with Crippen LogP contribution in [0.5, 0.6) is 0 Å². The summed E-state index contributed by atoms with van der Waals surface area (Å²) in [6.45, 7) is 6.04. The van der Waals surface area contributed by atoms with Crippen molar-refractivity contribution in [3.05, 3.63) is 23.8 Å². The molecule has 0 aromatic heterocycles. The number of allylic oxidation sites excluding steroid dienone is 4. The van der Waals surface area contributed by atoms with E-state index in [9.17, 15) is 4.79 Å². The van der Waals surface area contributed by atoms with Crippen LogP contribution in [0.4, 0.5) is 0 Å². The Bertz CT molecular complexity index is 248. The molecule has 0 fully saturated rings. The molecule has 0 amide bonds. The summed E-state index contributed by atoms with van der Waals surface area (Å²) in [5, 5.41) is 0. The lowest BCUT2D eigenvalue weighted by Gasteiger charge is -2.24. The Balaban J connectivity index is 2.57. The Hall–Kier alpha value is -0.850. The molecule has 1 heteroatoms. The van der Waals surface area contributed by atoms with Crippen LogP contribution in [0, 0.1) is 11.8 Å². The number of ketones is 1. The third kappa shape index (κ3) is 3.17. The van der Waals surface area contributed by atoms with E-state index in [1.165, 1.54) is 12.0 Å². The molecule has 13 heavy (non-hydrogen) atoms. The van der Waals surface area contributed by atoms with E-state index in [2.05, 4.69) is 26.0 Å². The van der Waals surface area contributed by atoms with Gasteiger partial charge in [0.25, 0.3) is 0 Å². The first-order valence-electron chi connectivity index (χ1n) is 4.94. The topological polar surface area (TPSA) is 17.1 Å². The average Bonchev–Trinajstić information content (AvgIpc) is 2.02. The maximum Gasteiger partial charge on any atom is 0.152 e. The highest BCUT2D eigenvalue weighted by molar-refractivity contribution is 5.87. The predicted molar refractivity (Wildman–Crippen MR) is 55.5 cm³/mol. The van der Waals surface area contributed by atoms with Gasteiger partial charge in [0.2, 0.25) is 0 Å². The average molecular weight is 178 g/mol. The fourth-order valence-electron chi connectivity index (χ4n) is 1.84. The molecule has 72 valence electrons. The van der Waals surface area contributed by atoms with Crippen LogP contribution in [0.3, 0.4) is 0 Å². The van der Waals surface area contributed by atoms with Crippen molar-refractivity contribution in [1.82, 2.24) is 0 Å². The lowest BCUT2D eigenvalue weighted by atomic mass is 9.81. The van der Waals surface area contributed by atoms with Gasteiger partial charge in [0.15, 0.2) is 5.78 Å². The van der Waals surface area contributed by atoms with Gasteiger partial charge in [0, 0.05) is 0 Å². The van der Waals surface area contributed by atoms with E-state index in [-0.39, 0.29) is 5.78 Å². The second-order valence-electron chi connectivity index (χ2n) is 4.10. The molecule has 0 heterocycles. The largest absolute Gasteiger partial charge is 0.295 e. The van der Waals surface area contributed by atoms with Gasteiger partial charge in [-0.15, -0.1) is 0 Å². The van der Waals surface area contributed by atoms with E-state index in [0.717, 1.165) is 6.42 Å². The van der Waals surface area contributed by atoms with Crippen molar-refractivity contribution in [2.45, 2.75) is 33.6 Å². The lowest BCUT2D eigenvalue weighted by Crippen LogP contribution is -2.13. The zero-order chi connectivity index (χ0) is 9.84. The second-order valence-corrected chi connectivity index (χ2v) is 4.10. The molecule has 0 saturated carbocycles. The first-order valence-corrected chi connectivity index (χ1v) is 4.94. The molecular formula is C12H18O. The zero-order valence-corrected chi connectivity index (χ0v) is 8.71. The smallest absolute Gasteiger partial charge is 0.152 e. The Labute approximate surface area is 80.5 Å². The van der Waals surface area contributed by atoms with Gasteiger partial charge >= 0.3 is 0 Å². The van der Waals surface area contributed by atoms with Crippen LogP contribution in [-0.4, -0.2) is 5.78 Å². The van der Waals surface area contributed by atoms with Crippen LogP contribution in [0.2, 0.25) is 0 Å². The van der Waals surface area contributed by atoms with Crippen molar-refractivity contribution in [2.24, 2.45) is 11.8 Å². The molecule has 0 radical (unpaired) electrons. The molecule has 0 saturated heterocycles. The number of hydrogen-bond donors (Lipinski definition) is 0. The van der Waals surface area contributed by atoms with Gasteiger partial charge in [-0.1, -0.05) is 24.6 Å². The van der Waals surface area contributed by atoms with Gasteiger partial charge in [0.1, 0.15) is 0 Å². The van der Waals surface area contributed by atoms with E-state index < -0.39 is 0 Å². The monoisotopic (exact) mass is 178 g/mol. The molecule has 1 aliphatic carbocycles. The Kier molecular flexibility index (Phi) is 3.47. The van der Waals surface area contributed by atoms with Crippen LogP contribution in [0.1, 0.15) is 33.6 Å². The summed E-state index contributed by atoms with van der Waals surface area (Å²) in [4.78, 5) is 10.8. The molecule has 0 bridgehead atoms. The molecule has 1 rings (SSSR count). The Morgan fingerprint density at radius 3 is 2.85 bits per heavy atom. The van der Waals surface area contributed by atoms with Gasteiger partial charge in [-0.2, -0.15) is 0 Å². The number of rotatable bonds is 2. The third-order valence-electron chi connectivity index (χ3n) is 2.69. The van der Waals surface area contributed by atoms with Gasteiger partial charge in [0.05, 0.1) is 0 Å². The van der Waals surface area contributed by atoms with Crippen LogP contribution in [-0.2, 0) is 4.79 Å². The van der Waals surface area contributed by atoms with Crippen LogP contribution >= 0.6 is 0 Å². The molecule has 1 aliphatic rings. The highest BCUT2D eigenvalue weighted by Crippen LogP contribution is 2.29. The van der Waals surface area contributed by atoms with Crippen molar-refractivity contribution < 1.29 is 4.79 Å². The third-order valence-corrected chi connectivity index (χ3v) is 2.69. The minimum Gasteiger partial charge on any atom is -0.295 e. The molecule has 0 N–H and O–H groups in total. The van der Waals surface area contributed by atoms with E-state index in [1.54, 1.807) is 13.0 Å². The standard InChI is InChI=1S/C12H18O/c1-9-4-6-12(10(2)8-9)7-5-11(3)13/h4-5,7,10,12H,6,8H2,1-3H3/b7-5+/t10?,12-/m0/s1. The highest BCUT2D eigenvalue weighted by atomic mass is 16.1. The summed E-state index contributed by atoms with van der Waals surface area (Å²) in [6, 6.07) is 0. The second kappa shape index (κ2) is 4.40. The number of carbonyl (C=O) groups is 1. The first kappa shape index (κ1) is 10.2. The fourth-order valence-corrected chi connectivity index (χ4v) is 1.84. The summed E-state index contributed by atoms with van der Waals surface area (Å²) in [7, 11) is 0. The van der Waals surface area contributed by atoms with E-state index in [1.807, 2.05) is 0 Å². The summed E-state index contributed by atoms with van der Waals surface area (Å²) in [6.07, 6.45) is 8.32. The number of carbonyl (C=O) groups excluding carboxylic acids is 1. The van der Waals surface area contributed by atoms with Crippen molar-refractivity contribution >= 4 is 5.78 Å². The molecule has 0 aromatic rings. The van der Waals surface area contributed by atoms with Crippen molar-refractivity contribution in [2.75, 3.05) is 0 Å². The Morgan fingerprint density at radius 1 is 1.62 bits per heavy atom. The molecule has 0 aliphatic heterocycles. The maximum absolute atomic E-state index is 10.8. The van der Waals surface area contributed by atoms with Gasteiger partial charge < -0.3 is 0 Å². The fraction of sp³-hybridized carbons (Fsp3) is 0.583. The predicted octanol–water partition coefficient (Wildman–Crippen LogP) is 3.12.